The number of amides is 2. The Balaban J connectivity index is 1.47. The standard InChI is InChI=1S/C20H21N5O/c26-20(24-19-11-4-5-12-21-19)23-17-9-6-10-18-16(17)13-22-25(18)14-15-7-2-1-3-8-15/h1-5,7-8,11-13,17H,6,9-10,14H2,(H2,21,23,24,26)/t17-/m1/s1. The van der Waals surface area contributed by atoms with Crippen molar-refractivity contribution >= 4 is 11.8 Å². The van der Waals surface area contributed by atoms with Crippen molar-refractivity contribution in [3.63, 3.8) is 0 Å². The number of hydrogen-bond donors (Lipinski definition) is 2. The van der Waals surface area contributed by atoms with Gasteiger partial charge >= 0.3 is 6.03 Å². The molecule has 0 bridgehead atoms. The monoisotopic (exact) mass is 347 g/mol. The predicted molar refractivity (Wildman–Crippen MR) is 99.8 cm³/mol. The number of nitrogens with one attached hydrogen (secondary N) is 2. The van der Waals surface area contributed by atoms with Crippen LogP contribution < -0.4 is 10.6 Å². The van der Waals surface area contributed by atoms with E-state index in [0.29, 0.717) is 5.82 Å². The molecule has 0 aliphatic heterocycles. The minimum atomic E-state index is -0.239. The molecular formula is C20H21N5O. The molecule has 0 fully saturated rings. The minimum absolute atomic E-state index is 0.0213. The summed E-state index contributed by atoms with van der Waals surface area (Å²) in [6.07, 6.45) is 6.48. The van der Waals surface area contributed by atoms with Gasteiger partial charge in [0.15, 0.2) is 0 Å². The van der Waals surface area contributed by atoms with Gasteiger partial charge in [0, 0.05) is 17.5 Å². The molecule has 6 heteroatoms. The molecule has 0 radical (unpaired) electrons. The number of hydrogen-bond acceptors (Lipinski definition) is 3. The first-order chi connectivity index (χ1) is 12.8. The summed E-state index contributed by atoms with van der Waals surface area (Å²) in [5.41, 5.74) is 3.55. The summed E-state index contributed by atoms with van der Waals surface area (Å²) in [5, 5.41) is 10.4. The van der Waals surface area contributed by atoms with E-state index in [1.165, 1.54) is 11.3 Å². The molecule has 0 saturated heterocycles. The summed E-state index contributed by atoms with van der Waals surface area (Å²) in [6, 6.07) is 15.5. The zero-order chi connectivity index (χ0) is 17.8. The number of benzene rings is 1. The number of rotatable bonds is 4. The second kappa shape index (κ2) is 7.39. The highest BCUT2D eigenvalue weighted by Gasteiger charge is 2.25. The third-order valence-electron chi connectivity index (χ3n) is 4.65. The van der Waals surface area contributed by atoms with Crippen LogP contribution in [0.3, 0.4) is 0 Å². The molecule has 132 valence electrons. The van der Waals surface area contributed by atoms with E-state index < -0.39 is 0 Å². The van der Waals surface area contributed by atoms with E-state index >= 15 is 0 Å². The third-order valence-corrected chi connectivity index (χ3v) is 4.65. The first-order valence-electron chi connectivity index (χ1n) is 8.86. The van der Waals surface area contributed by atoms with Crippen LogP contribution in [-0.2, 0) is 13.0 Å². The second-order valence-corrected chi connectivity index (χ2v) is 6.45. The fraction of sp³-hybridized carbons (Fsp3) is 0.250. The van der Waals surface area contributed by atoms with Gasteiger partial charge in [0.2, 0.25) is 0 Å². The van der Waals surface area contributed by atoms with Crippen LogP contribution in [0, 0.1) is 0 Å². The number of anilines is 1. The van der Waals surface area contributed by atoms with Gasteiger partial charge in [-0.25, -0.2) is 9.78 Å². The van der Waals surface area contributed by atoms with Gasteiger partial charge in [-0.2, -0.15) is 5.10 Å². The molecule has 26 heavy (non-hydrogen) atoms. The van der Waals surface area contributed by atoms with E-state index in [1.807, 2.05) is 36.5 Å². The molecular weight excluding hydrogens is 326 g/mol. The van der Waals surface area contributed by atoms with Crippen LogP contribution in [0.5, 0.6) is 0 Å². The van der Waals surface area contributed by atoms with Crippen LogP contribution in [0.2, 0.25) is 0 Å². The number of aromatic nitrogens is 3. The Bertz CT molecular complexity index is 876. The Hall–Kier alpha value is -3.15. The summed E-state index contributed by atoms with van der Waals surface area (Å²) >= 11 is 0. The van der Waals surface area contributed by atoms with Gasteiger partial charge in [-0.1, -0.05) is 36.4 Å². The average molecular weight is 347 g/mol. The molecule has 0 saturated carbocycles. The fourth-order valence-corrected chi connectivity index (χ4v) is 3.41. The lowest BCUT2D eigenvalue weighted by molar-refractivity contribution is 0.247. The molecule has 0 unspecified atom stereocenters. The molecule has 2 N–H and O–H groups in total. The van der Waals surface area contributed by atoms with Crippen LogP contribution in [0.15, 0.2) is 60.9 Å². The predicted octanol–water partition coefficient (Wildman–Crippen LogP) is 3.53. The van der Waals surface area contributed by atoms with Crippen molar-refractivity contribution in [2.24, 2.45) is 0 Å². The van der Waals surface area contributed by atoms with E-state index in [0.717, 1.165) is 31.4 Å². The molecule has 4 rings (SSSR count). The quantitative estimate of drug-likeness (QED) is 0.758. The molecule has 2 amide bonds. The van der Waals surface area contributed by atoms with Crippen LogP contribution >= 0.6 is 0 Å². The molecule has 6 nitrogen and oxygen atoms in total. The maximum Gasteiger partial charge on any atom is 0.320 e. The van der Waals surface area contributed by atoms with Gasteiger partial charge in [0.1, 0.15) is 5.82 Å². The number of carbonyl (C=O) groups is 1. The van der Waals surface area contributed by atoms with Gasteiger partial charge in [0.05, 0.1) is 18.8 Å². The van der Waals surface area contributed by atoms with Crippen molar-refractivity contribution in [1.29, 1.82) is 0 Å². The van der Waals surface area contributed by atoms with Crippen LogP contribution in [-0.4, -0.2) is 20.8 Å². The summed E-state index contributed by atoms with van der Waals surface area (Å²) in [4.78, 5) is 16.4. The highest BCUT2D eigenvalue weighted by Crippen LogP contribution is 2.30. The van der Waals surface area contributed by atoms with Gasteiger partial charge in [0.25, 0.3) is 0 Å². The van der Waals surface area contributed by atoms with Gasteiger partial charge in [-0.3, -0.25) is 10.00 Å². The summed E-state index contributed by atoms with van der Waals surface area (Å²) in [6.45, 7) is 0.753. The number of fused-ring (bicyclic) bond motifs is 1. The zero-order valence-electron chi connectivity index (χ0n) is 14.4. The Morgan fingerprint density at radius 3 is 2.81 bits per heavy atom. The SMILES string of the molecule is O=C(Nc1ccccn1)N[C@@H]1CCCc2c1cnn2Cc1ccccc1. The average Bonchev–Trinajstić information content (AvgIpc) is 3.07. The summed E-state index contributed by atoms with van der Waals surface area (Å²) < 4.78 is 2.05. The Labute approximate surface area is 152 Å². The molecule has 1 atom stereocenters. The largest absolute Gasteiger partial charge is 0.331 e. The second-order valence-electron chi connectivity index (χ2n) is 6.45. The van der Waals surface area contributed by atoms with Crippen LogP contribution in [0.25, 0.3) is 0 Å². The Kier molecular flexibility index (Phi) is 4.64. The lowest BCUT2D eigenvalue weighted by atomic mass is 9.93. The number of urea groups is 1. The van der Waals surface area contributed by atoms with Gasteiger partial charge in [-0.15, -0.1) is 0 Å². The summed E-state index contributed by atoms with van der Waals surface area (Å²) in [5.74, 6) is 0.542. The molecule has 1 aliphatic carbocycles. The van der Waals surface area contributed by atoms with Crippen molar-refractivity contribution in [3.8, 4) is 0 Å². The van der Waals surface area contributed by atoms with Crippen molar-refractivity contribution < 1.29 is 4.79 Å². The number of carbonyl (C=O) groups excluding carboxylic acids is 1. The maximum absolute atomic E-state index is 12.3. The molecule has 1 aliphatic rings. The smallest absolute Gasteiger partial charge is 0.320 e. The van der Waals surface area contributed by atoms with Crippen molar-refractivity contribution in [2.45, 2.75) is 31.8 Å². The lowest BCUT2D eigenvalue weighted by Crippen LogP contribution is -2.34. The van der Waals surface area contributed by atoms with E-state index in [2.05, 4.69) is 37.5 Å². The van der Waals surface area contributed by atoms with E-state index in [4.69, 9.17) is 0 Å². The number of pyridine rings is 1. The van der Waals surface area contributed by atoms with Gasteiger partial charge < -0.3 is 5.32 Å². The Morgan fingerprint density at radius 2 is 2.00 bits per heavy atom. The normalized spacial score (nSPS) is 15.9. The van der Waals surface area contributed by atoms with Crippen molar-refractivity contribution in [1.82, 2.24) is 20.1 Å². The van der Waals surface area contributed by atoms with E-state index in [9.17, 15) is 4.79 Å². The highest BCUT2D eigenvalue weighted by atomic mass is 16.2. The van der Waals surface area contributed by atoms with Crippen molar-refractivity contribution in [3.05, 3.63) is 77.7 Å². The maximum atomic E-state index is 12.3. The fourth-order valence-electron chi connectivity index (χ4n) is 3.41. The molecule has 2 aromatic heterocycles. The third kappa shape index (κ3) is 3.59. The molecule has 1 aromatic carbocycles. The topological polar surface area (TPSA) is 71.8 Å². The number of nitrogens with zero attached hydrogens (tertiary/aromatic N) is 3. The zero-order valence-corrected chi connectivity index (χ0v) is 14.4. The molecule has 2 heterocycles. The van der Waals surface area contributed by atoms with Crippen LogP contribution in [0.4, 0.5) is 10.6 Å². The lowest BCUT2D eigenvalue weighted by Gasteiger charge is -2.24. The Morgan fingerprint density at radius 1 is 1.15 bits per heavy atom. The molecule has 0 spiro atoms. The van der Waals surface area contributed by atoms with E-state index in [1.54, 1.807) is 12.3 Å². The molecule has 3 aromatic rings. The van der Waals surface area contributed by atoms with Crippen LogP contribution in [0.1, 0.15) is 35.7 Å². The first-order valence-corrected chi connectivity index (χ1v) is 8.86. The highest BCUT2D eigenvalue weighted by molar-refractivity contribution is 5.88. The first kappa shape index (κ1) is 16.3. The van der Waals surface area contributed by atoms with Crippen molar-refractivity contribution in [2.75, 3.05) is 5.32 Å². The van der Waals surface area contributed by atoms with Gasteiger partial charge in [-0.05, 0) is 37.0 Å². The minimum Gasteiger partial charge on any atom is -0.331 e. The van der Waals surface area contributed by atoms with E-state index in [-0.39, 0.29) is 12.1 Å². The summed E-state index contributed by atoms with van der Waals surface area (Å²) in [7, 11) is 0.